The Balaban J connectivity index is 2.45. The maximum Gasteiger partial charge on any atom is 0.221 e. The van der Waals surface area contributed by atoms with Crippen LogP contribution >= 0.6 is 12.2 Å². The first-order valence-electron chi connectivity index (χ1n) is 6.21. The summed E-state index contributed by atoms with van der Waals surface area (Å²) in [5.74, 6) is 2.12. The Kier molecular flexibility index (Phi) is 3.06. The minimum atomic E-state index is 0.437. The smallest absolute Gasteiger partial charge is 0.221 e. The first-order valence-corrected chi connectivity index (χ1v) is 6.62. The lowest BCUT2D eigenvalue weighted by molar-refractivity contribution is 0.356. The van der Waals surface area contributed by atoms with E-state index in [9.17, 15) is 0 Å². The van der Waals surface area contributed by atoms with Crippen molar-refractivity contribution in [3.63, 3.8) is 0 Å². The van der Waals surface area contributed by atoms with Crippen LogP contribution in [0.1, 0.15) is 12.7 Å². The number of aromatic nitrogens is 4. The van der Waals surface area contributed by atoms with Gasteiger partial charge in [-0.25, -0.2) is 14.5 Å². The number of aryl methyl sites for hydroxylation is 1. The predicted molar refractivity (Wildman–Crippen MR) is 78.2 cm³/mol. The lowest BCUT2D eigenvalue weighted by Crippen LogP contribution is -1.97. The van der Waals surface area contributed by atoms with Gasteiger partial charge in [-0.3, -0.25) is 5.10 Å². The molecule has 104 valence electrons. The number of benzene rings is 1. The van der Waals surface area contributed by atoms with Crippen LogP contribution < -0.4 is 9.47 Å². The summed E-state index contributed by atoms with van der Waals surface area (Å²) < 4.78 is 12.8. The molecule has 0 fully saturated rings. The number of fused-ring (bicyclic) bond motifs is 3. The van der Waals surface area contributed by atoms with Crippen LogP contribution in [0.15, 0.2) is 12.1 Å². The second-order valence-electron chi connectivity index (χ2n) is 4.30. The topological polar surface area (TPSA) is 64.4 Å². The van der Waals surface area contributed by atoms with Gasteiger partial charge in [0.1, 0.15) is 5.82 Å². The van der Waals surface area contributed by atoms with E-state index in [0.717, 1.165) is 28.8 Å². The normalized spacial score (nSPS) is 11.2. The maximum atomic E-state index is 5.33. The predicted octanol–water partition coefficient (Wildman–Crippen LogP) is 2.52. The molecule has 2 aromatic heterocycles. The van der Waals surface area contributed by atoms with Crippen molar-refractivity contribution in [1.29, 1.82) is 0 Å². The highest BCUT2D eigenvalue weighted by Gasteiger charge is 2.12. The molecule has 1 aromatic carbocycles. The number of ether oxygens (including phenoxy) is 2. The molecule has 0 atom stereocenters. The number of rotatable bonds is 3. The number of nitrogens with one attached hydrogen (secondary N) is 1. The summed E-state index contributed by atoms with van der Waals surface area (Å²) in [6.45, 7) is 2.03. The van der Waals surface area contributed by atoms with E-state index in [2.05, 4.69) is 15.1 Å². The van der Waals surface area contributed by atoms with Crippen molar-refractivity contribution < 1.29 is 9.47 Å². The van der Waals surface area contributed by atoms with E-state index in [1.54, 1.807) is 18.7 Å². The van der Waals surface area contributed by atoms with E-state index in [1.165, 1.54) is 0 Å². The molecular weight excluding hydrogens is 276 g/mol. The summed E-state index contributed by atoms with van der Waals surface area (Å²) in [6.07, 6.45) is 0.797. The van der Waals surface area contributed by atoms with Crippen molar-refractivity contribution in [3.8, 4) is 11.5 Å². The molecule has 3 rings (SSSR count). The summed E-state index contributed by atoms with van der Waals surface area (Å²) in [5, 5.41) is 4.01. The number of H-pyrrole nitrogens is 1. The Bertz CT molecular complexity index is 853. The minimum absolute atomic E-state index is 0.437. The van der Waals surface area contributed by atoms with Gasteiger partial charge < -0.3 is 9.47 Å². The Morgan fingerprint density at radius 1 is 1.20 bits per heavy atom. The third-order valence-corrected chi connectivity index (χ3v) is 3.45. The lowest BCUT2D eigenvalue weighted by Gasteiger charge is -2.08. The van der Waals surface area contributed by atoms with Gasteiger partial charge in [0.15, 0.2) is 17.1 Å². The Morgan fingerprint density at radius 3 is 2.55 bits per heavy atom. The highest BCUT2D eigenvalue weighted by Crippen LogP contribution is 2.32. The molecule has 0 aliphatic heterocycles. The first-order chi connectivity index (χ1) is 9.67. The summed E-state index contributed by atoms with van der Waals surface area (Å²) >= 11 is 5.29. The summed E-state index contributed by atoms with van der Waals surface area (Å²) in [6, 6.07) is 3.68. The average Bonchev–Trinajstić information content (AvgIpc) is 2.91. The molecule has 0 amide bonds. The van der Waals surface area contributed by atoms with Gasteiger partial charge in [-0.05, 0) is 18.3 Å². The van der Waals surface area contributed by atoms with Crippen molar-refractivity contribution in [3.05, 3.63) is 22.7 Å². The zero-order valence-corrected chi connectivity index (χ0v) is 12.2. The Morgan fingerprint density at radius 2 is 1.90 bits per heavy atom. The minimum Gasteiger partial charge on any atom is -0.493 e. The zero-order valence-electron chi connectivity index (χ0n) is 11.4. The molecule has 0 aliphatic rings. The third kappa shape index (κ3) is 1.82. The molecular formula is C13H14N4O2S. The molecule has 0 unspecified atom stereocenters. The Labute approximate surface area is 120 Å². The number of aromatic amines is 1. The van der Waals surface area contributed by atoms with Crippen LogP contribution in [-0.4, -0.2) is 33.8 Å². The van der Waals surface area contributed by atoms with Gasteiger partial charge in [-0.2, -0.15) is 0 Å². The summed E-state index contributed by atoms with van der Waals surface area (Å²) in [7, 11) is 3.19. The van der Waals surface area contributed by atoms with Crippen molar-refractivity contribution >= 4 is 28.8 Å². The number of hydrogen-bond acceptors (Lipinski definition) is 5. The van der Waals surface area contributed by atoms with Gasteiger partial charge in [0.2, 0.25) is 4.77 Å². The standard InChI is InChI=1S/C13H14N4O2S/c1-4-11-15-12-7-5-9(18-2)10(19-3)6-8(7)14-13(20)17(12)16-11/h5-6H,4H2,1-3H3,(H,15,16). The highest BCUT2D eigenvalue weighted by molar-refractivity contribution is 7.71. The SMILES string of the molecule is CCc1nc2c3cc(OC)c(OC)cc3nc(=S)n2[nH]1. The number of hydrogen-bond donors (Lipinski definition) is 1. The van der Waals surface area contributed by atoms with Crippen molar-refractivity contribution in [2.75, 3.05) is 14.2 Å². The van der Waals surface area contributed by atoms with Gasteiger partial charge >= 0.3 is 0 Å². The third-order valence-electron chi connectivity index (χ3n) is 3.18. The molecule has 3 aromatic rings. The average molecular weight is 290 g/mol. The number of nitrogens with zero attached hydrogens (tertiary/aromatic N) is 3. The molecule has 6 nitrogen and oxygen atoms in total. The van der Waals surface area contributed by atoms with E-state index in [1.807, 2.05) is 19.1 Å². The van der Waals surface area contributed by atoms with Crippen LogP contribution in [0.25, 0.3) is 16.6 Å². The molecule has 0 bridgehead atoms. The van der Waals surface area contributed by atoms with Crippen molar-refractivity contribution in [1.82, 2.24) is 19.6 Å². The van der Waals surface area contributed by atoms with E-state index in [4.69, 9.17) is 21.7 Å². The first kappa shape index (κ1) is 12.9. The second-order valence-corrected chi connectivity index (χ2v) is 4.67. The van der Waals surface area contributed by atoms with Crippen molar-refractivity contribution in [2.24, 2.45) is 0 Å². The van der Waals surface area contributed by atoms with Crippen LogP contribution in [0.4, 0.5) is 0 Å². The fraction of sp³-hybridized carbons (Fsp3) is 0.308. The second kappa shape index (κ2) is 4.75. The van der Waals surface area contributed by atoms with Crippen LogP contribution in [0.5, 0.6) is 11.5 Å². The fourth-order valence-corrected chi connectivity index (χ4v) is 2.39. The summed E-state index contributed by atoms with van der Waals surface area (Å²) in [4.78, 5) is 8.96. The number of methoxy groups -OCH3 is 2. The molecule has 0 saturated carbocycles. The highest BCUT2D eigenvalue weighted by atomic mass is 32.1. The van der Waals surface area contributed by atoms with Crippen LogP contribution in [0.3, 0.4) is 0 Å². The van der Waals surface area contributed by atoms with Gasteiger partial charge in [0.05, 0.1) is 19.7 Å². The molecule has 0 spiro atoms. The monoisotopic (exact) mass is 290 g/mol. The van der Waals surface area contributed by atoms with Gasteiger partial charge in [-0.1, -0.05) is 6.92 Å². The molecule has 0 saturated heterocycles. The maximum absolute atomic E-state index is 5.33. The van der Waals surface area contributed by atoms with E-state index < -0.39 is 0 Å². The van der Waals surface area contributed by atoms with E-state index in [-0.39, 0.29) is 0 Å². The fourth-order valence-electron chi connectivity index (χ4n) is 2.15. The Hall–Kier alpha value is -2.15. The van der Waals surface area contributed by atoms with Gasteiger partial charge in [0.25, 0.3) is 0 Å². The molecule has 20 heavy (non-hydrogen) atoms. The van der Waals surface area contributed by atoms with Crippen LogP contribution in [0.2, 0.25) is 0 Å². The quantitative estimate of drug-likeness (QED) is 0.751. The molecule has 0 aliphatic carbocycles. The molecule has 1 N–H and O–H groups in total. The van der Waals surface area contributed by atoms with Crippen LogP contribution in [-0.2, 0) is 6.42 Å². The van der Waals surface area contributed by atoms with E-state index in [0.29, 0.717) is 16.3 Å². The van der Waals surface area contributed by atoms with Gasteiger partial charge in [0, 0.05) is 17.9 Å². The summed E-state index contributed by atoms with van der Waals surface area (Å²) in [5.41, 5.74) is 1.49. The largest absolute Gasteiger partial charge is 0.493 e. The molecule has 7 heteroatoms. The van der Waals surface area contributed by atoms with Gasteiger partial charge in [-0.15, -0.1) is 0 Å². The van der Waals surface area contributed by atoms with Crippen molar-refractivity contribution in [2.45, 2.75) is 13.3 Å². The molecule has 0 radical (unpaired) electrons. The van der Waals surface area contributed by atoms with E-state index >= 15 is 0 Å². The molecule has 2 heterocycles. The lowest BCUT2D eigenvalue weighted by atomic mass is 10.2. The zero-order chi connectivity index (χ0) is 14.3. The van der Waals surface area contributed by atoms with Crippen LogP contribution in [0, 0.1) is 4.77 Å².